The minimum atomic E-state index is -0.668. The normalized spacial score (nSPS) is 14.4. The first-order valence-corrected chi connectivity index (χ1v) is 14.6. The van der Waals surface area contributed by atoms with E-state index in [4.69, 9.17) is 0 Å². The first-order chi connectivity index (χ1) is 20.5. The molecule has 2 N–H and O–H groups in total. The van der Waals surface area contributed by atoms with E-state index in [1.54, 1.807) is 0 Å². The Kier molecular flexibility index (Phi) is 9.96. The molecule has 4 atom stereocenters. The van der Waals surface area contributed by atoms with Gasteiger partial charge in [0, 0.05) is 13.1 Å². The summed E-state index contributed by atoms with van der Waals surface area (Å²) < 4.78 is 0. The van der Waals surface area contributed by atoms with Crippen molar-refractivity contribution in [3.63, 3.8) is 0 Å². The summed E-state index contributed by atoms with van der Waals surface area (Å²) in [6, 6.07) is 48.4. The molecule has 0 spiro atoms. The molecular formula is C38H40N2O2. The highest BCUT2D eigenvalue weighted by Gasteiger charge is 2.28. The maximum Gasteiger partial charge on any atom is 0.0986 e. The lowest BCUT2D eigenvalue weighted by atomic mass is 9.94. The van der Waals surface area contributed by atoms with Gasteiger partial charge in [-0.2, -0.15) is 0 Å². The van der Waals surface area contributed by atoms with Crippen LogP contribution in [0.25, 0.3) is 0 Å². The van der Waals surface area contributed by atoms with Crippen LogP contribution in [0.2, 0.25) is 0 Å². The van der Waals surface area contributed by atoms with Crippen molar-refractivity contribution in [2.45, 2.75) is 37.4 Å². The molecule has 4 nitrogen and oxygen atoms in total. The van der Waals surface area contributed by atoms with E-state index in [1.165, 1.54) is 11.1 Å². The second-order valence-corrected chi connectivity index (χ2v) is 11.1. The van der Waals surface area contributed by atoms with Crippen LogP contribution in [0.15, 0.2) is 146 Å². The fraction of sp³-hybridized carbons (Fsp3) is 0.211. The van der Waals surface area contributed by atoms with Gasteiger partial charge in [0.25, 0.3) is 0 Å². The molecule has 214 valence electrons. The van der Waals surface area contributed by atoms with E-state index < -0.39 is 12.2 Å². The summed E-state index contributed by atoms with van der Waals surface area (Å²) in [6.45, 7) is 1.35. The third kappa shape index (κ3) is 7.22. The van der Waals surface area contributed by atoms with Crippen molar-refractivity contribution in [1.82, 2.24) is 9.80 Å². The molecule has 0 unspecified atom stereocenters. The van der Waals surface area contributed by atoms with Crippen LogP contribution in [0.4, 0.5) is 0 Å². The van der Waals surface area contributed by atoms with Crippen LogP contribution in [0.3, 0.4) is 0 Å². The first-order valence-electron chi connectivity index (χ1n) is 14.6. The molecule has 0 saturated heterocycles. The van der Waals surface area contributed by atoms with Gasteiger partial charge in [-0.15, -0.1) is 0 Å². The van der Waals surface area contributed by atoms with E-state index >= 15 is 0 Å². The van der Waals surface area contributed by atoms with Gasteiger partial charge >= 0.3 is 0 Å². The molecule has 0 fully saturated rings. The molecule has 0 bridgehead atoms. The zero-order valence-electron chi connectivity index (χ0n) is 24.4. The Morgan fingerprint density at radius 3 is 1.07 bits per heavy atom. The molecule has 0 aliphatic rings. The van der Waals surface area contributed by atoms with Crippen LogP contribution in [0, 0.1) is 0 Å². The van der Waals surface area contributed by atoms with Crippen LogP contribution in [0.1, 0.15) is 57.7 Å². The minimum absolute atomic E-state index is 0.205. The van der Waals surface area contributed by atoms with E-state index in [0.29, 0.717) is 13.1 Å². The lowest BCUT2D eigenvalue weighted by Gasteiger charge is -2.34. The number of likely N-dealkylation sites (N-methyl/N-ethyl adjacent to an activating group) is 2. The molecule has 0 heterocycles. The fourth-order valence-corrected chi connectivity index (χ4v) is 5.92. The van der Waals surface area contributed by atoms with Crippen molar-refractivity contribution in [2.24, 2.45) is 0 Å². The van der Waals surface area contributed by atoms with E-state index in [-0.39, 0.29) is 12.1 Å². The van der Waals surface area contributed by atoms with Gasteiger partial charge in [0.2, 0.25) is 0 Å². The number of hydrogen-bond donors (Lipinski definition) is 2. The highest BCUT2D eigenvalue weighted by molar-refractivity contribution is 5.30. The van der Waals surface area contributed by atoms with Crippen LogP contribution < -0.4 is 0 Å². The molecule has 5 aromatic rings. The molecule has 0 saturated carbocycles. The monoisotopic (exact) mass is 556 g/mol. The standard InChI is InChI=1S/C38H40N2O2/c1-39(35(31-18-7-3-8-19-31)37(41)33-22-11-5-12-23-33)27-29-16-15-17-30(26-29)28-40(2)36(32-20-9-4-10-21-32)38(42)34-24-13-6-14-25-34/h3-26,35-38,41-42H,27-28H2,1-2H3/t35-,36-,37+,38+/m1/s1. The van der Waals surface area contributed by atoms with Crippen molar-refractivity contribution in [2.75, 3.05) is 14.1 Å². The Balaban J connectivity index is 1.36. The molecule has 4 heteroatoms. The van der Waals surface area contributed by atoms with Gasteiger partial charge in [-0.1, -0.05) is 146 Å². The number of rotatable bonds is 12. The van der Waals surface area contributed by atoms with E-state index in [2.05, 4.69) is 72.4 Å². The molecule has 0 aliphatic carbocycles. The summed E-state index contributed by atoms with van der Waals surface area (Å²) >= 11 is 0. The van der Waals surface area contributed by atoms with Crippen molar-refractivity contribution < 1.29 is 10.2 Å². The minimum Gasteiger partial charge on any atom is -0.386 e. The maximum atomic E-state index is 11.5. The highest BCUT2D eigenvalue weighted by atomic mass is 16.3. The number of aliphatic hydroxyl groups excluding tert-OH is 2. The summed E-state index contributed by atoms with van der Waals surface area (Å²) in [6.07, 6.45) is -1.34. The molecule has 0 aromatic heterocycles. The molecular weight excluding hydrogens is 516 g/mol. The third-order valence-corrected chi connectivity index (χ3v) is 7.97. The largest absolute Gasteiger partial charge is 0.386 e. The SMILES string of the molecule is CN(Cc1cccc(CN(C)[C@H](c2ccccc2)[C@@H](O)c2ccccc2)c1)[C@H](c1ccccc1)[C@@H](O)c1ccccc1. The van der Waals surface area contributed by atoms with Crippen LogP contribution in [-0.2, 0) is 13.1 Å². The van der Waals surface area contributed by atoms with E-state index in [9.17, 15) is 10.2 Å². The average molecular weight is 557 g/mol. The van der Waals surface area contributed by atoms with Gasteiger partial charge in [-0.3, -0.25) is 9.80 Å². The van der Waals surface area contributed by atoms with Gasteiger partial charge < -0.3 is 10.2 Å². The Bertz CT molecular complexity index is 1380. The quantitative estimate of drug-likeness (QED) is 0.167. The summed E-state index contributed by atoms with van der Waals surface area (Å²) in [5.74, 6) is 0. The van der Waals surface area contributed by atoms with Crippen LogP contribution >= 0.6 is 0 Å². The molecule has 42 heavy (non-hydrogen) atoms. The number of benzene rings is 5. The predicted octanol–water partition coefficient (Wildman–Crippen LogP) is 7.50. The highest BCUT2D eigenvalue weighted by Crippen LogP contribution is 2.36. The van der Waals surface area contributed by atoms with Gasteiger partial charge in [0.05, 0.1) is 24.3 Å². The second kappa shape index (κ2) is 14.2. The zero-order chi connectivity index (χ0) is 29.3. The lowest BCUT2D eigenvalue weighted by molar-refractivity contribution is 0.0571. The molecule has 5 aromatic carbocycles. The molecule has 5 rings (SSSR count). The molecule has 0 radical (unpaired) electrons. The predicted molar refractivity (Wildman–Crippen MR) is 171 cm³/mol. The summed E-state index contributed by atoms with van der Waals surface area (Å²) in [7, 11) is 4.15. The van der Waals surface area contributed by atoms with Crippen LogP contribution in [-0.4, -0.2) is 34.1 Å². The second-order valence-electron chi connectivity index (χ2n) is 11.1. The topological polar surface area (TPSA) is 46.9 Å². The smallest absolute Gasteiger partial charge is 0.0986 e. The third-order valence-electron chi connectivity index (χ3n) is 7.97. The first kappa shape index (κ1) is 29.4. The summed E-state index contributed by atoms with van der Waals surface area (Å²) in [5, 5.41) is 23.0. The molecule has 0 aliphatic heterocycles. The van der Waals surface area contributed by atoms with Gasteiger partial charge in [-0.25, -0.2) is 0 Å². The Labute approximate surface area is 250 Å². The van der Waals surface area contributed by atoms with E-state index in [0.717, 1.165) is 22.3 Å². The fourth-order valence-electron chi connectivity index (χ4n) is 5.92. The summed E-state index contributed by atoms with van der Waals surface area (Å²) in [5.41, 5.74) is 6.30. The van der Waals surface area contributed by atoms with Gasteiger partial charge in [0.15, 0.2) is 0 Å². The van der Waals surface area contributed by atoms with Crippen molar-refractivity contribution in [1.29, 1.82) is 0 Å². The molecule has 0 amide bonds. The number of hydrogen-bond acceptors (Lipinski definition) is 4. The van der Waals surface area contributed by atoms with Crippen molar-refractivity contribution in [3.05, 3.63) is 179 Å². The Morgan fingerprint density at radius 1 is 0.429 bits per heavy atom. The lowest BCUT2D eigenvalue weighted by Crippen LogP contribution is -2.30. The number of nitrogens with zero attached hydrogens (tertiary/aromatic N) is 2. The Morgan fingerprint density at radius 2 is 0.738 bits per heavy atom. The number of aliphatic hydroxyl groups is 2. The summed E-state index contributed by atoms with van der Waals surface area (Å²) in [4.78, 5) is 4.45. The van der Waals surface area contributed by atoms with Crippen molar-refractivity contribution >= 4 is 0 Å². The van der Waals surface area contributed by atoms with Crippen LogP contribution in [0.5, 0.6) is 0 Å². The maximum absolute atomic E-state index is 11.5. The van der Waals surface area contributed by atoms with E-state index in [1.807, 2.05) is 97.1 Å². The van der Waals surface area contributed by atoms with Crippen molar-refractivity contribution in [3.8, 4) is 0 Å². The Hall–Kier alpha value is -4.06. The zero-order valence-corrected chi connectivity index (χ0v) is 24.4. The average Bonchev–Trinajstić information content (AvgIpc) is 3.03. The van der Waals surface area contributed by atoms with Gasteiger partial charge in [-0.05, 0) is 47.5 Å². The van der Waals surface area contributed by atoms with Gasteiger partial charge in [0.1, 0.15) is 0 Å².